The summed E-state index contributed by atoms with van der Waals surface area (Å²) in [6.45, 7) is 1.81. The van der Waals surface area contributed by atoms with Crippen LogP contribution >= 0.6 is 11.3 Å². The number of hydrogen-bond donors (Lipinski definition) is 2. The van der Waals surface area contributed by atoms with Gasteiger partial charge in [0.25, 0.3) is 10.0 Å². The minimum Gasteiger partial charge on any atom is -0.380 e. The zero-order valence-electron chi connectivity index (χ0n) is 19.5. The average Bonchev–Trinajstić information content (AvgIpc) is 3.24. The van der Waals surface area contributed by atoms with Crippen molar-refractivity contribution < 1.29 is 26.0 Å². The molecule has 35 heavy (non-hydrogen) atoms. The van der Waals surface area contributed by atoms with Crippen LogP contribution in [0.3, 0.4) is 0 Å². The molecule has 1 aromatic heterocycles. The van der Waals surface area contributed by atoms with Crippen LogP contribution in [-0.4, -0.2) is 74.2 Å². The number of anilines is 2. The predicted molar refractivity (Wildman–Crippen MR) is 128 cm³/mol. The van der Waals surface area contributed by atoms with Gasteiger partial charge in [-0.25, -0.2) is 17.8 Å². The molecule has 7 nitrogen and oxygen atoms in total. The molecule has 0 amide bonds. The zero-order chi connectivity index (χ0) is 25.4. The highest BCUT2D eigenvalue weighted by atomic mass is 32.2. The first-order chi connectivity index (χ1) is 16.4. The summed E-state index contributed by atoms with van der Waals surface area (Å²) < 4.78 is 82.9. The topological polar surface area (TPSA) is 77.6 Å². The molecule has 13 heteroatoms. The maximum Gasteiger partial charge on any atom is 0.401 e. The Kier molecular flexibility index (Phi) is 7.60. The molecule has 2 aromatic rings. The number of benzene rings is 1. The summed E-state index contributed by atoms with van der Waals surface area (Å²) in [5, 5.41) is 4.98. The van der Waals surface area contributed by atoms with Crippen molar-refractivity contribution in [3.63, 3.8) is 0 Å². The van der Waals surface area contributed by atoms with E-state index in [-0.39, 0.29) is 23.3 Å². The number of likely N-dealkylation sites (tertiary alicyclic amines) is 1. The number of alkyl halides is 3. The molecule has 4 rings (SSSR count). The lowest BCUT2D eigenvalue weighted by atomic mass is 9.87. The minimum atomic E-state index is -4.32. The van der Waals surface area contributed by atoms with Gasteiger partial charge < -0.3 is 10.2 Å². The number of rotatable bonds is 8. The van der Waals surface area contributed by atoms with E-state index in [1.54, 1.807) is 17.2 Å². The normalized spacial score (nSPS) is 22.3. The van der Waals surface area contributed by atoms with Gasteiger partial charge in [0.15, 0.2) is 5.13 Å². The highest BCUT2D eigenvalue weighted by Crippen LogP contribution is 2.34. The second-order valence-electron chi connectivity index (χ2n) is 9.31. The van der Waals surface area contributed by atoms with Crippen molar-refractivity contribution >= 4 is 32.2 Å². The van der Waals surface area contributed by atoms with Gasteiger partial charge in [0.2, 0.25) is 0 Å². The summed E-state index contributed by atoms with van der Waals surface area (Å²) in [6, 6.07) is 1.49. The van der Waals surface area contributed by atoms with E-state index in [0.29, 0.717) is 37.2 Å². The Bertz CT molecular complexity index is 1120. The third-order valence-electron chi connectivity index (χ3n) is 6.59. The Labute approximate surface area is 206 Å². The average molecular weight is 536 g/mol. The first kappa shape index (κ1) is 26.1. The van der Waals surface area contributed by atoms with Gasteiger partial charge in [0.05, 0.1) is 6.54 Å². The molecule has 2 N–H and O–H groups in total. The van der Waals surface area contributed by atoms with Gasteiger partial charge in [-0.05, 0) is 44.5 Å². The van der Waals surface area contributed by atoms with E-state index in [1.165, 1.54) is 12.3 Å². The molecule has 1 aliphatic carbocycles. The van der Waals surface area contributed by atoms with Crippen LogP contribution in [0.25, 0.3) is 0 Å². The maximum absolute atomic E-state index is 15.0. The molecule has 2 aliphatic rings. The smallest absolute Gasteiger partial charge is 0.380 e. The lowest BCUT2D eigenvalue weighted by Crippen LogP contribution is -2.65. The van der Waals surface area contributed by atoms with Crippen molar-refractivity contribution in [1.82, 2.24) is 14.8 Å². The van der Waals surface area contributed by atoms with Crippen LogP contribution in [0.15, 0.2) is 28.6 Å². The van der Waals surface area contributed by atoms with Crippen molar-refractivity contribution in [3.05, 3.63) is 35.1 Å². The van der Waals surface area contributed by atoms with Crippen molar-refractivity contribution in [3.8, 4) is 0 Å². The van der Waals surface area contributed by atoms with Gasteiger partial charge in [-0.3, -0.25) is 9.62 Å². The summed E-state index contributed by atoms with van der Waals surface area (Å²) in [6.07, 6.45) is 0.0467. The third-order valence-corrected chi connectivity index (χ3v) is 8.77. The highest BCUT2D eigenvalue weighted by Gasteiger charge is 2.43. The van der Waals surface area contributed by atoms with Gasteiger partial charge in [-0.15, -0.1) is 11.3 Å². The van der Waals surface area contributed by atoms with Crippen molar-refractivity contribution in [2.45, 2.75) is 61.8 Å². The Morgan fingerprint density at radius 2 is 1.94 bits per heavy atom. The Hall–Kier alpha value is -1.96. The number of halogens is 4. The standard InChI is InChI=1S/C22H29F4N5O2S2/c1-14-9-20(35(32,33)29-21-27-7-8-34-21)16(23)10-18(14)28-17-5-3-4-6-19(17)31(13-22(24,25)26)15-11-30(2)12-15/h7-10,15,17,19,28H,3-6,11-13H2,1-2H3,(H,27,29)/t17?,19-/m0/s1. The Morgan fingerprint density at radius 1 is 1.23 bits per heavy atom. The summed E-state index contributed by atoms with van der Waals surface area (Å²) in [5.41, 5.74) is 0.867. The van der Waals surface area contributed by atoms with E-state index in [9.17, 15) is 26.0 Å². The van der Waals surface area contributed by atoms with Crippen molar-refractivity contribution in [1.29, 1.82) is 0 Å². The quantitative estimate of drug-likeness (QED) is 0.491. The number of thiazole rings is 1. The molecule has 1 aromatic carbocycles. The molecular formula is C22H29F4N5O2S2. The SMILES string of the molecule is Cc1cc(S(=O)(=O)Nc2nccs2)c(F)cc1NC1CCCC[C@@H]1N(CC(F)(F)F)C1CN(C)C1. The van der Waals surface area contributed by atoms with Crippen LogP contribution in [0, 0.1) is 12.7 Å². The van der Waals surface area contributed by atoms with Crippen molar-refractivity contribution in [2.75, 3.05) is 36.7 Å². The lowest BCUT2D eigenvalue weighted by Gasteiger charge is -2.50. The lowest BCUT2D eigenvalue weighted by molar-refractivity contribution is -0.166. The molecule has 1 saturated heterocycles. The Morgan fingerprint density at radius 3 is 2.57 bits per heavy atom. The number of aromatic nitrogens is 1. The molecule has 2 fully saturated rings. The number of sulfonamides is 1. The molecule has 1 unspecified atom stereocenters. The molecule has 1 saturated carbocycles. The fraction of sp³-hybridized carbons (Fsp3) is 0.591. The Balaban J connectivity index is 1.56. The van der Waals surface area contributed by atoms with Gasteiger partial charge in [0, 0.05) is 48.5 Å². The minimum absolute atomic E-state index is 0.126. The monoisotopic (exact) mass is 535 g/mol. The van der Waals surface area contributed by atoms with Crippen LogP contribution in [0.4, 0.5) is 28.4 Å². The van der Waals surface area contributed by atoms with Crippen molar-refractivity contribution in [2.24, 2.45) is 0 Å². The second-order valence-corrected chi connectivity index (χ2v) is 11.9. The van der Waals surface area contributed by atoms with Gasteiger partial charge in [-0.2, -0.15) is 13.2 Å². The fourth-order valence-electron chi connectivity index (χ4n) is 4.94. The van der Waals surface area contributed by atoms with Gasteiger partial charge in [0.1, 0.15) is 10.7 Å². The largest absolute Gasteiger partial charge is 0.401 e. The van der Waals surface area contributed by atoms with E-state index < -0.39 is 33.5 Å². The molecule has 2 atom stereocenters. The van der Waals surface area contributed by atoms with Gasteiger partial charge in [-0.1, -0.05) is 12.8 Å². The summed E-state index contributed by atoms with van der Waals surface area (Å²) in [4.78, 5) is 6.89. The molecule has 0 spiro atoms. The number of aryl methyl sites for hydroxylation is 1. The zero-order valence-corrected chi connectivity index (χ0v) is 21.1. The van der Waals surface area contributed by atoms with E-state index >= 15 is 0 Å². The molecule has 1 aliphatic heterocycles. The molecule has 0 radical (unpaired) electrons. The van der Waals surface area contributed by atoms with Crippen LogP contribution in [0.2, 0.25) is 0 Å². The molecule has 194 valence electrons. The summed E-state index contributed by atoms with van der Waals surface area (Å²) >= 11 is 1.07. The molecule has 2 heterocycles. The van der Waals surface area contributed by atoms with Crippen LogP contribution < -0.4 is 10.0 Å². The predicted octanol–water partition coefficient (Wildman–Crippen LogP) is 4.29. The summed E-state index contributed by atoms with van der Waals surface area (Å²) in [5.74, 6) is -0.942. The first-order valence-electron chi connectivity index (χ1n) is 11.4. The van der Waals surface area contributed by atoms with E-state index in [2.05, 4.69) is 15.0 Å². The van der Waals surface area contributed by atoms with Gasteiger partial charge >= 0.3 is 6.18 Å². The molecular weight excluding hydrogens is 506 g/mol. The third kappa shape index (κ3) is 6.25. The first-order valence-corrected chi connectivity index (χ1v) is 13.8. The van der Waals surface area contributed by atoms with E-state index in [1.807, 2.05) is 11.9 Å². The number of likely N-dealkylation sites (N-methyl/N-ethyl adjacent to an activating group) is 1. The highest BCUT2D eigenvalue weighted by molar-refractivity contribution is 7.93. The number of hydrogen-bond acceptors (Lipinski definition) is 7. The van der Waals surface area contributed by atoms with E-state index in [4.69, 9.17) is 0 Å². The fourth-order valence-corrected chi connectivity index (χ4v) is 6.87. The maximum atomic E-state index is 15.0. The van der Waals surface area contributed by atoms with Crippen LogP contribution in [0.1, 0.15) is 31.2 Å². The number of nitrogens with zero attached hydrogens (tertiary/aromatic N) is 3. The second kappa shape index (κ2) is 10.2. The van der Waals surface area contributed by atoms with Crippen LogP contribution in [0.5, 0.6) is 0 Å². The number of nitrogens with one attached hydrogen (secondary N) is 2. The summed E-state index contributed by atoms with van der Waals surface area (Å²) in [7, 11) is -2.31. The van der Waals surface area contributed by atoms with Crippen LogP contribution in [-0.2, 0) is 10.0 Å². The molecule has 0 bridgehead atoms. The van der Waals surface area contributed by atoms with E-state index in [0.717, 1.165) is 30.2 Å².